The van der Waals surface area contributed by atoms with Crippen molar-refractivity contribution < 1.29 is 23.5 Å². The molecule has 1 unspecified atom stereocenters. The van der Waals surface area contributed by atoms with E-state index in [1.807, 2.05) is 14.1 Å². The van der Waals surface area contributed by atoms with Crippen LogP contribution in [0.4, 0.5) is 0 Å². The molecule has 0 aromatic carbocycles. The van der Waals surface area contributed by atoms with Crippen molar-refractivity contribution >= 4 is 16.9 Å². The molecule has 5 nitrogen and oxygen atoms in total. The minimum absolute atomic E-state index is 0. The van der Waals surface area contributed by atoms with Crippen LogP contribution in [0.15, 0.2) is 12.2 Å². The van der Waals surface area contributed by atoms with Crippen LogP contribution in [0.2, 0.25) is 0 Å². The van der Waals surface area contributed by atoms with Crippen molar-refractivity contribution in [2.45, 2.75) is 19.8 Å². The highest BCUT2D eigenvalue weighted by atomic mass is 32.2. The van der Waals surface area contributed by atoms with E-state index in [-0.39, 0.29) is 17.0 Å². The molecule has 0 aliphatic heterocycles. The summed E-state index contributed by atoms with van der Waals surface area (Å²) in [5.41, 5.74) is 0.584. The van der Waals surface area contributed by atoms with E-state index in [0.29, 0.717) is 22.9 Å². The Morgan fingerprint density at radius 1 is 1.35 bits per heavy atom. The first-order valence-electron chi connectivity index (χ1n) is 5.31. The summed E-state index contributed by atoms with van der Waals surface area (Å²) in [4.78, 5) is 11.4. The Labute approximate surface area is 106 Å². The number of carbonyl (C=O) groups excluding carboxylic acids is 1. The molecular formula is C11H22NO4S-. The third-order valence-electron chi connectivity index (χ3n) is 2.49. The van der Waals surface area contributed by atoms with Crippen molar-refractivity contribution in [3.8, 4) is 0 Å². The average Bonchev–Trinajstić information content (AvgIpc) is 2.13. The molecule has 0 heterocycles. The number of quaternary nitrogens is 1. The highest BCUT2D eigenvalue weighted by Crippen LogP contribution is 2.05. The van der Waals surface area contributed by atoms with Gasteiger partial charge in [0.1, 0.15) is 0 Å². The lowest BCUT2D eigenvalue weighted by Gasteiger charge is -2.29. The lowest BCUT2D eigenvalue weighted by Crippen LogP contribution is -2.42. The molecule has 0 rings (SSSR count). The van der Waals surface area contributed by atoms with Crippen LogP contribution in [0.5, 0.6) is 0 Å². The van der Waals surface area contributed by atoms with Crippen LogP contribution in [0.1, 0.15) is 19.8 Å². The van der Waals surface area contributed by atoms with Gasteiger partial charge in [-0.1, -0.05) is 17.7 Å². The largest absolute Gasteiger partial charge is 0.870 e. The molecule has 0 radical (unpaired) electrons. The van der Waals surface area contributed by atoms with Crippen LogP contribution in [0, 0.1) is 0 Å². The Morgan fingerprint density at radius 2 is 1.88 bits per heavy atom. The number of hydrogen-bond donors (Lipinski definition) is 0. The Bertz CT molecular complexity index is 289. The monoisotopic (exact) mass is 264 g/mol. The molecule has 0 aromatic heterocycles. The Hall–Kier alpha value is -0.560. The lowest BCUT2D eigenvalue weighted by atomic mass is 10.1. The van der Waals surface area contributed by atoms with Crippen molar-refractivity contribution in [2.75, 3.05) is 32.9 Å². The first kappa shape index (κ1) is 18.8. The molecule has 0 aliphatic rings. The molecule has 0 amide bonds. The number of rotatable bonds is 8. The molecule has 17 heavy (non-hydrogen) atoms. The van der Waals surface area contributed by atoms with Crippen molar-refractivity contribution in [1.29, 1.82) is 0 Å². The number of carbonyl (C=O) groups is 1. The summed E-state index contributed by atoms with van der Waals surface area (Å²) < 4.78 is 21.4. The van der Waals surface area contributed by atoms with Crippen molar-refractivity contribution in [1.82, 2.24) is 0 Å². The Balaban J connectivity index is 0. The number of nitrogens with zero attached hydrogens (tertiary/aromatic N) is 1. The molecule has 0 aliphatic carbocycles. The van der Waals surface area contributed by atoms with Gasteiger partial charge >= 0.3 is 0 Å². The highest BCUT2D eigenvalue weighted by molar-refractivity contribution is 7.79. The van der Waals surface area contributed by atoms with Gasteiger partial charge in [-0.05, 0) is 12.5 Å². The molecule has 0 bridgehead atoms. The van der Waals surface area contributed by atoms with Crippen LogP contribution in [-0.4, -0.2) is 57.4 Å². The van der Waals surface area contributed by atoms with Gasteiger partial charge < -0.3 is 14.5 Å². The maximum Gasteiger partial charge on any atom is 0.163 e. The van der Waals surface area contributed by atoms with E-state index in [9.17, 15) is 13.6 Å². The van der Waals surface area contributed by atoms with Gasteiger partial charge in [0.05, 0.1) is 33.6 Å². The fraction of sp³-hybridized carbons (Fsp3) is 0.727. The van der Waals surface area contributed by atoms with E-state index in [0.717, 1.165) is 13.1 Å². The third kappa shape index (κ3) is 10.3. The van der Waals surface area contributed by atoms with E-state index < -0.39 is 11.1 Å². The Morgan fingerprint density at radius 3 is 2.29 bits per heavy atom. The van der Waals surface area contributed by atoms with E-state index >= 15 is 0 Å². The minimum atomic E-state index is -1.96. The number of ketones is 1. The lowest BCUT2D eigenvalue weighted by molar-refractivity contribution is -0.889. The van der Waals surface area contributed by atoms with Gasteiger partial charge in [-0.3, -0.25) is 9.00 Å². The summed E-state index contributed by atoms with van der Waals surface area (Å²) in [5, 5.41) is 0. The van der Waals surface area contributed by atoms with Crippen LogP contribution in [0.3, 0.4) is 0 Å². The fourth-order valence-corrected chi connectivity index (χ4v) is 1.70. The average molecular weight is 264 g/mol. The van der Waals surface area contributed by atoms with E-state index in [2.05, 4.69) is 6.58 Å². The maximum absolute atomic E-state index is 11.4. The second kappa shape index (κ2) is 8.52. The van der Waals surface area contributed by atoms with Crippen molar-refractivity contribution in [3.05, 3.63) is 12.2 Å². The molecule has 0 saturated carbocycles. The van der Waals surface area contributed by atoms with E-state index in [4.69, 9.17) is 0 Å². The standard InChI is InChI=1S/C11H21NO3S.H2O/c1-10(2)11(13)6-8-12(3,4)7-5-9-16(14)15;/h1,5-9H2,2-4H3;1H2/p-1. The third-order valence-corrected chi connectivity index (χ3v) is 3.12. The molecule has 0 fully saturated rings. The van der Waals surface area contributed by atoms with Crippen LogP contribution >= 0.6 is 0 Å². The zero-order valence-corrected chi connectivity index (χ0v) is 11.6. The SMILES string of the molecule is C=C(C)C(=O)CC[N+](C)(C)CCCS(=O)[O-].[OH-]. The molecule has 102 valence electrons. The summed E-state index contributed by atoms with van der Waals surface area (Å²) in [7, 11) is 4.00. The molecule has 1 atom stereocenters. The zero-order chi connectivity index (χ0) is 12.8. The minimum Gasteiger partial charge on any atom is -0.870 e. The van der Waals surface area contributed by atoms with E-state index in [1.54, 1.807) is 6.92 Å². The molecule has 6 heteroatoms. The van der Waals surface area contributed by atoms with Gasteiger partial charge in [0.15, 0.2) is 5.78 Å². The summed E-state index contributed by atoms with van der Waals surface area (Å²) in [6.45, 7) is 6.80. The van der Waals surface area contributed by atoms with Gasteiger partial charge in [-0.25, -0.2) is 0 Å². The van der Waals surface area contributed by atoms with Gasteiger partial charge in [0, 0.05) is 12.2 Å². The molecule has 0 aromatic rings. The van der Waals surface area contributed by atoms with Crippen molar-refractivity contribution in [2.24, 2.45) is 0 Å². The first-order chi connectivity index (χ1) is 7.24. The molecular weight excluding hydrogens is 242 g/mol. The zero-order valence-electron chi connectivity index (χ0n) is 10.8. The maximum atomic E-state index is 11.4. The van der Waals surface area contributed by atoms with Crippen LogP contribution in [0.25, 0.3) is 0 Å². The predicted molar refractivity (Wildman–Crippen MR) is 66.6 cm³/mol. The quantitative estimate of drug-likeness (QED) is 0.366. The molecule has 1 N–H and O–H groups in total. The second-order valence-corrected chi connectivity index (χ2v) is 5.71. The van der Waals surface area contributed by atoms with Crippen molar-refractivity contribution in [3.63, 3.8) is 0 Å². The number of hydrogen-bond acceptors (Lipinski definition) is 4. The fourth-order valence-electron chi connectivity index (χ4n) is 1.34. The summed E-state index contributed by atoms with van der Waals surface area (Å²) in [6, 6.07) is 0. The van der Waals surface area contributed by atoms with Gasteiger partial charge in [0.25, 0.3) is 0 Å². The second-order valence-electron chi connectivity index (χ2n) is 4.70. The van der Waals surface area contributed by atoms with Gasteiger partial charge in [-0.15, -0.1) is 0 Å². The van der Waals surface area contributed by atoms with E-state index in [1.165, 1.54) is 0 Å². The molecule has 0 saturated heterocycles. The van der Waals surface area contributed by atoms with Crippen LogP contribution in [-0.2, 0) is 15.9 Å². The predicted octanol–water partition coefficient (Wildman–Crippen LogP) is 0.691. The van der Waals surface area contributed by atoms with Gasteiger partial charge in [0.2, 0.25) is 0 Å². The highest BCUT2D eigenvalue weighted by Gasteiger charge is 2.16. The Kier molecular flexibility index (Phi) is 9.42. The van der Waals surface area contributed by atoms with Gasteiger partial charge in [-0.2, -0.15) is 0 Å². The normalized spacial score (nSPS) is 12.7. The number of Topliss-reactive ketones (excluding diaryl/α,β-unsaturated/α-hetero) is 1. The summed E-state index contributed by atoms with van der Waals surface area (Å²) in [5.74, 6) is 0.273. The summed E-state index contributed by atoms with van der Waals surface area (Å²) >= 11 is -1.96. The summed E-state index contributed by atoms with van der Waals surface area (Å²) in [6.07, 6.45) is 1.10. The molecule has 0 spiro atoms. The topological polar surface area (TPSA) is 87.2 Å². The number of allylic oxidation sites excluding steroid dienone is 1. The van der Waals surface area contributed by atoms with Crippen LogP contribution < -0.4 is 0 Å². The first-order valence-corrected chi connectivity index (χ1v) is 6.55. The smallest absolute Gasteiger partial charge is 0.163 e.